The number of nitrogens with two attached hydrogens (primary N) is 1. The predicted molar refractivity (Wildman–Crippen MR) is 74.3 cm³/mol. The molecular weight excluding hydrogens is 336 g/mol. The number of hydrogen-bond acceptors (Lipinski definition) is 3. The van der Waals surface area contributed by atoms with Crippen molar-refractivity contribution in [2.24, 2.45) is 0 Å². The van der Waals surface area contributed by atoms with Crippen LogP contribution in [-0.4, -0.2) is 9.97 Å². The number of aryl methyl sites for hydroxylation is 1. The Morgan fingerprint density at radius 3 is 2.38 bits per heavy atom. The summed E-state index contributed by atoms with van der Waals surface area (Å²) in [6, 6.07) is 7.38. The molecule has 1 aromatic carbocycles. The predicted octanol–water partition coefficient (Wildman–Crippen LogP) is 3.29. The van der Waals surface area contributed by atoms with Crippen molar-refractivity contribution in [1.29, 1.82) is 0 Å². The standard InChI is InChI=1S/C11H9ClIN3/c1-6-9(13)10(14)16-11(15-6)7-2-4-8(12)5-3-7/h2-5H,1H3,(H2,14,15,16). The second-order valence-corrected chi connectivity index (χ2v) is 4.85. The second-order valence-electron chi connectivity index (χ2n) is 3.34. The number of rotatable bonds is 1. The molecule has 0 atom stereocenters. The second kappa shape index (κ2) is 4.55. The van der Waals surface area contributed by atoms with E-state index in [-0.39, 0.29) is 0 Å². The molecule has 2 rings (SSSR count). The number of hydrogen-bond donors (Lipinski definition) is 1. The van der Waals surface area contributed by atoms with Crippen LogP contribution in [-0.2, 0) is 0 Å². The van der Waals surface area contributed by atoms with Gasteiger partial charge in [-0.3, -0.25) is 0 Å². The molecular formula is C11H9ClIN3. The van der Waals surface area contributed by atoms with Gasteiger partial charge in [0.1, 0.15) is 5.82 Å². The Hall–Kier alpha value is -0.880. The molecule has 82 valence electrons. The first kappa shape index (κ1) is 11.6. The van der Waals surface area contributed by atoms with Crippen LogP contribution in [0.5, 0.6) is 0 Å². The fraction of sp³-hybridized carbons (Fsp3) is 0.0909. The molecule has 0 saturated carbocycles. The van der Waals surface area contributed by atoms with Gasteiger partial charge in [0.05, 0.1) is 9.26 Å². The van der Waals surface area contributed by atoms with Crippen molar-refractivity contribution in [2.45, 2.75) is 6.92 Å². The summed E-state index contributed by atoms with van der Waals surface area (Å²) < 4.78 is 0.898. The van der Waals surface area contributed by atoms with E-state index in [1.165, 1.54) is 0 Å². The summed E-state index contributed by atoms with van der Waals surface area (Å²) >= 11 is 7.96. The van der Waals surface area contributed by atoms with E-state index < -0.39 is 0 Å². The fourth-order valence-corrected chi connectivity index (χ4v) is 1.68. The SMILES string of the molecule is Cc1nc(-c2ccc(Cl)cc2)nc(N)c1I. The lowest BCUT2D eigenvalue weighted by Crippen LogP contribution is -2.01. The third-order valence-corrected chi connectivity index (χ3v) is 3.73. The van der Waals surface area contributed by atoms with Gasteiger partial charge >= 0.3 is 0 Å². The van der Waals surface area contributed by atoms with Crippen LogP contribution in [0.25, 0.3) is 11.4 Å². The van der Waals surface area contributed by atoms with E-state index >= 15 is 0 Å². The first-order valence-corrected chi connectivity index (χ1v) is 6.09. The van der Waals surface area contributed by atoms with Gasteiger partial charge in [-0.1, -0.05) is 11.6 Å². The summed E-state index contributed by atoms with van der Waals surface area (Å²) in [6.07, 6.45) is 0. The summed E-state index contributed by atoms with van der Waals surface area (Å²) in [6.45, 7) is 1.92. The van der Waals surface area contributed by atoms with E-state index in [0.29, 0.717) is 16.7 Å². The molecule has 1 heterocycles. The van der Waals surface area contributed by atoms with E-state index in [9.17, 15) is 0 Å². The van der Waals surface area contributed by atoms with Crippen LogP contribution in [0.2, 0.25) is 5.02 Å². The van der Waals surface area contributed by atoms with Gasteiger partial charge in [-0.15, -0.1) is 0 Å². The average molecular weight is 346 g/mol. The Balaban J connectivity index is 2.52. The lowest BCUT2D eigenvalue weighted by atomic mass is 10.2. The van der Waals surface area contributed by atoms with Crippen molar-refractivity contribution < 1.29 is 0 Å². The summed E-state index contributed by atoms with van der Waals surface area (Å²) in [5.41, 5.74) is 7.60. The van der Waals surface area contributed by atoms with E-state index in [1.54, 1.807) is 0 Å². The first-order valence-electron chi connectivity index (χ1n) is 4.63. The normalized spacial score (nSPS) is 10.4. The van der Waals surface area contributed by atoms with Gasteiger partial charge < -0.3 is 5.73 Å². The molecule has 3 nitrogen and oxygen atoms in total. The van der Waals surface area contributed by atoms with Gasteiger partial charge in [0.25, 0.3) is 0 Å². The number of anilines is 1. The van der Waals surface area contributed by atoms with Crippen molar-refractivity contribution in [3.8, 4) is 11.4 Å². The molecule has 1 aromatic heterocycles. The quantitative estimate of drug-likeness (QED) is 0.807. The van der Waals surface area contributed by atoms with Crippen LogP contribution >= 0.6 is 34.2 Å². The lowest BCUT2D eigenvalue weighted by molar-refractivity contribution is 1.10. The Morgan fingerprint density at radius 2 is 1.81 bits per heavy atom. The minimum atomic E-state index is 0.512. The molecule has 0 bridgehead atoms. The Bertz CT molecular complexity index is 502. The number of halogens is 2. The fourth-order valence-electron chi connectivity index (χ4n) is 1.31. The molecule has 0 aliphatic carbocycles. The largest absolute Gasteiger partial charge is 0.383 e. The molecule has 0 aliphatic heterocycles. The average Bonchev–Trinajstić information content (AvgIpc) is 2.26. The summed E-state index contributed by atoms with van der Waals surface area (Å²) in [5, 5.41) is 0.693. The maximum absolute atomic E-state index is 5.82. The van der Waals surface area contributed by atoms with Crippen molar-refractivity contribution >= 4 is 40.0 Å². The van der Waals surface area contributed by atoms with E-state index in [2.05, 4.69) is 32.6 Å². The molecule has 0 aliphatic rings. The van der Waals surface area contributed by atoms with Gasteiger partial charge in [0, 0.05) is 10.6 Å². The van der Waals surface area contributed by atoms with Gasteiger partial charge in [0.15, 0.2) is 5.82 Å². The third kappa shape index (κ3) is 2.27. The van der Waals surface area contributed by atoms with Gasteiger partial charge in [-0.2, -0.15) is 0 Å². The van der Waals surface area contributed by atoms with Crippen LogP contribution in [0.15, 0.2) is 24.3 Å². The number of aromatic nitrogens is 2. The Kier molecular flexibility index (Phi) is 3.30. The highest BCUT2D eigenvalue weighted by atomic mass is 127. The number of benzene rings is 1. The van der Waals surface area contributed by atoms with Crippen molar-refractivity contribution in [1.82, 2.24) is 9.97 Å². The maximum atomic E-state index is 5.82. The zero-order chi connectivity index (χ0) is 11.7. The molecule has 2 N–H and O–H groups in total. The highest BCUT2D eigenvalue weighted by Gasteiger charge is 2.07. The van der Waals surface area contributed by atoms with Crippen molar-refractivity contribution in [2.75, 3.05) is 5.73 Å². The molecule has 0 saturated heterocycles. The van der Waals surface area contributed by atoms with E-state index in [1.807, 2.05) is 31.2 Å². The lowest BCUT2D eigenvalue weighted by Gasteiger charge is -2.05. The van der Waals surface area contributed by atoms with Crippen LogP contribution in [0.3, 0.4) is 0 Å². The summed E-state index contributed by atoms with van der Waals surface area (Å²) in [5.74, 6) is 1.14. The third-order valence-electron chi connectivity index (χ3n) is 2.14. The minimum absolute atomic E-state index is 0.512. The molecule has 0 spiro atoms. The maximum Gasteiger partial charge on any atom is 0.161 e. The van der Waals surface area contributed by atoms with Gasteiger partial charge in [0.2, 0.25) is 0 Å². The first-order chi connectivity index (χ1) is 7.58. The molecule has 5 heteroatoms. The van der Waals surface area contributed by atoms with Crippen LogP contribution in [0.4, 0.5) is 5.82 Å². The highest BCUT2D eigenvalue weighted by Crippen LogP contribution is 2.22. The zero-order valence-corrected chi connectivity index (χ0v) is 11.5. The summed E-state index contributed by atoms with van der Waals surface area (Å²) in [4.78, 5) is 8.64. The molecule has 0 unspecified atom stereocenters. The zero-order valence-electron chi connectivity index (χ0n) is 8.54. The highest BCUT2D eigenvalue weighted by molar-refractivity contribution is 14.1. The Labute approximate surface area is 112 Å². The molecule has 16 heavy (non-hydrogen) atoms. The van der Waals surface area contributed by atoms with Crippen molar-refractivity contribution in [3.63, 3.8) is 0 Å². The van der Waals surface area contributed by atoms with E-state index in [0.717, 1.165) is 14.8 Å². The van der Waals surface area contributed by atoms with Crippen LogP contribution < -0.4 is 5.73 Å². The number of nitrogens with zero attached hydrogens (tertiary/aromatic N) is 2. The van der Waals surface area contributed by atoms with E-state index in [4.69, 9.17) is 17.3 Å². The monoisotopic (exact) mass is 345 g/mol. The van der Waals surface area contributed by atoms with Gasteiger partial charge in [-0.25, -0.2) is 9.97 Å². The smallest absolute Gasteiger partial charge is 0.161 e. The van der Waals surface area contributed by atoms with Crippen LogP contribution in [0.1, 0.15) is 5.69 Å². The molecule has 0 amide bonds. The topological polar surface area (TPSA) is 51.8 Å². The molecule has 0 fully saturated rings. The molecule has 2 aromatic rings. The van der Waals surface area contributed by atoms with Crippen LogP contribution in [0, 0.1) is 10.5 Å². The van der Waals surface area contributed by atoms with Crippen molar-refractivity contribution in [3.05, 3.63) is 38.6 Å². The Morgan fingerprint density at radius 1 is 1.19 bits per heavy atom. The number of nitrogen functional groups attached to an aromatic ring is 1. The summed E-state index contributed by atoms with van der Waals surface area (Å²) in [7, 11) is 0. The van der Waals surface area contributed by atoms with Gasteiger partial charge in [-0.05, 0) is 53.8 Å². The molecule has 0 radical (unpaired) electrons. The minimum Gasteiger partial charge on any atom is -0.383 e.